The van der Waals surface area contributed by atoms with Crippen LogP contribution in [0, 0.1) is 23.2 Å². The van der Waals surface area contributed by atoms with Crippen molar-refractivity contribution in [2.24, 2.45) is 33.9 Å². The maximum Gasteiger partial charge on any atom is 0.437 e. The standard InChI is InChI=1S/C51H87N9O11/c1-11-17-38-43(63)57-40(33-18-14-12-13-15-19-33)44(64)55-36(27-52)41(61)56-37(29-68-35-23-34(24-35)54-46(58-47(66)70-49(4,5)6)59-48(67)71-50(7,8)9)42(62)53-30(2)28-69-39(31(3)45(65)60(38)10)22-32-25-51(26-32)20-16-21-51/h30-40H,11-29,52H2,1-10H3,(H,53,62)(H,55,64)(H,56,61)(H,57,63)(H2,54,58,59,66,67)/t30-,31-,34-,35-,36+,37+,38+,39-,40+/m1/s1. The van der Waals surface area contributed by atoms with E-state index in [0.29, 0.717) is 56.3 Å². The molecule has 1 heterocycles. The number of rotatable bonds is 10. The number of nitrogens with one attached hydrogen (secondary N) is 6. The summed E-state index contributed by atoms with van der Waals surface area (Å²) in [6.07, 6.45) is 10.8. The van der Waals surface area contributed by atoms with Crippen LogP contribution in [0.1, 0.15) is 165 Å². The highest BCUT2D eigenvalue weighted by Gasteiger charge is 2.49. The van der Waals surface area contributed by atoms with Crippen molar-refractivity contribution in [1.82, 2.24) is 36.8 Å². The van der Waals surface area contributed by atoms with Crippen LogP contribution in [0.3, 0.4) is 0 Å². The average Bonchev–Trinajstić information content (AvgIpc) is 3.52. The molecule has 0 bridgehead atoms. The second kappa shape index (κ2) is 25.4. The van der Waals surface area contributed by atoms with Gasteiger partial charge in [0.05, 0.1) is 31.3 Å². The molecule has 5 rings (SSSR count). The fraction of sp³-hybridized carbons (Fsp3) is 0.843. The lowest BCUT2D eigenvalue weighted by molar-refractivity contribution is -0.148. The van der Waals surface area contributed by atoms with E-state index in [1.807, 2.05) is 13.8 Å². The molecule has 0 radical (unpaired) electrons. The fourth-order valence-electron chi connectivity index (χ4n) is 10.6. The molecule has 8 N–H and O–H groups in total. The lowest BCUT2D eigenvalue weighted by Crippen LogP contribution is -2.62. The number of guanidine groups is 1. The van der Waals surface area contributed by atoms with Gasteiger partial charge in [0.25, 0.3) is 0 Å². The predicted octanol–water partition coefficient (Wildman–Crippen LogP) is 4.46. The lowest BCUT2D eigenvalue weighted by Gasteiger charge is -2.55. The van der Waals surface area contributed by atoms with Crippen molar-refractivity contribution in [3.05, 3.63) is 0 Å². The minimum atomic E-state index is -1.27. The van der Waals surface area contributed by atoms with E-state index in [0.717, 1.165) is 38.5 Å². The molecule has 7 amide bonds. The van der Waals surface area contributed by atoms with Gasteiger partial charge >= 0.3 is 12.2 Å². The monoisotopic (exact) mass is 1000 g/mol. The highest BCUT2D eigenvalue weighted by molar-refractivity contribution is 5.99. The summed E-state index contributed by atoms with van der Waals surface area (Å²) >= 11 is 0. The first-order valence-corrected chi connectivity index (χ1v) is 26.4. The van der Waals surface area contributed by atoms with Crippen LogP contribution in [0.25, 0.3) is 0 Å². The first-order valence-electron chi connectivity index (χ1n) is 26.4. The highest BCUT2D eigenvalue weighted by atomic mass is 16.6. The van der Waals surface area contributed by atoms with Crippen LogP contribution in [0.4, 0.5) is 9.59 Å². The smallest absolute Gasteiger partial charge is 0.437 e. The SMILES string of the molecule is CCC[C@H]1C(=O)N[C@@H](C2CCCCCC2)C(=O)N[C@@H](CN)C(=O)N[C@@H](CO[C@H]2C[C@H](N/C(=N/C(=O)OC(C)(C)C)NC(=O)OC(C)(C)C)C2)C(=O)N[C@H](C)CO[C@H](CC2CC3(CCC3)C2)[C@@H](C)C(=O)N1C. The number of nitrogens with zero attached hydrogens (tertiary/aromatic N) is 2. The summed E-state index contributed by atoms with van der Waals surface area (Å²) in [6, 6.07) is -5.25. The third-order valence-electron chi connectivity index (χ3n) is 14.6. The minimum Gasteiger partial charge on any atom is -0.444 e. The summed E-state index contributed by atoms with van der Waals surface area (Å²) in [7, 11) is 1.65. The predicted molar refractivity (Wildman–Crippen MR) is 267 cm³/mol. The van der Waals surface area contributed by atoms with Gasteiger partial charge in [0, 0.05) is 25.7 Å². The molecule has 1 spiro atoms. The van der Waals surface area contributed by atoms with Gasteiger partial charge in [-0.3, -0.25) is 29.3 Å². The van der Waals surface area contributed by atoms with E-state index in [4.69, 9.17) is 24.7 Å². The van der Waals surface area contributed by atoms with E-state index >= 15 is 0 Å². The number of nitrogens with two attached hydrogens (primary N) is 1. The summed E-state index contributed by atoms with van der Waals surface area (Å²) < 4.78 is 23.5. The summed E-state index contributed by atoms with van der Waals surface area (Å²) in [5.41, 5.74) is 4.92. The molecule has 20 nitrogen and oxygen atoms in total. The van der Waals surface area contributed by atoms with Crippen molar-refractivity contribution in [3.8, 4) is 0 Å². The molecule has 0 aromatic carbocycles. The van der Waals surface area contributed by atoms with Gasteiger partial charge in [-0.2, -0.15) is 0 Å². The Morgan fingerprint density at radius 1 is 0.831 bits per heavy atom. The zero-order valence-electron chi connectivity index (χ0n) is 44.2. The molecular formula is C51H87N9O11. The Morgan fingerprint density at radius 3 is 2.03 bits per heavy atom. The second-order valence-electron chi connectivity index (χ2n) is 23.1. The van der Waals surface area contributed by atoms with Crippen LogP contribution < -0.4 is 37.6 Å². The molecule has 1 aliphatic heterocycles. The fourth-order valence-corrected chi connectivity index (χ4v) is 10.6. The molecule has 0 aromatic rings. The molecule has 5 fully saturated rings. The van der Waals surface area contributed by atoms with E-state index in [9.17, 15) is 33.6 Å². The number of alkyl carbamates (subject to hydrolysis) is 1. The molecule has 20 heteroatoms. The van der Waals surface area contributed by atoms with Crippen LogP contribution in [-0.4, -0.2) is 139 Å². The van der Waals surface area contributed by atoms with Gasteiger partial charge in [-0.15, -0.1) is 4.99 Å². The van der Waals surface area contributed by atoms with Gasteiger partial charge in [0.1, 0.15) is 35.4 Å². The molecule has 5 aliphatic rings. The van der Waals surface area contributed by atoms with E-state index < -0.39 is 95.4 Å². The van der Waals surface area contributed by atoms with E-state index in [-0.39, 0.29) is 43.6 Å². The Hall–Kier alpha value is -4.56. The van der Waals surface area contributed by atoms with Crippen LogP contribution >= 0.6 is 0 Å². The second-order valence-corrected chi connectivity index (χ2v) is 23.1. The Morgan fingerprint density at radius 2 is 1.45 bits per heavy atom. The third kappa shape index (κ3) is 17.3. The topological polar surface area (TPSA) is 270 Å². The number of aliphatic imine (C=N–C) groups is 1. The van der Waals surface area contributed by atoms with Crippen LogP contribution in [-0.2, 0) is 42.9 Å². The lowest BCUT2D eigenvalue weighted by atomic mass is 9.51. The van der Waals surface area contributed by atoms with Crippen molar-refractivity contribution in [1.29, 1.82) is 0 Å². The number of hydrogen-bond acceptors (Lipinski definition) is 12. The van der Waals surface area contributed by atoms with E-state index in [1.165, 1.54) is 24.2 Å². The van der Waals surface area contributed by atoms with Crippen molar-refractivity contribution in [2.45, 2.75) is 225 Å². The summed E-state index contributed by atoms with van der Waals surface area (Å²) in [6.45, 7) is 15.3. The van der Waals surface area contributed by atoms with Crippen LogP contribution in [0.5, 0.6) is 0 Å². The number of hydrogen-bond donors (Lipinski definition) is 7. The molecule has 71 heavy (non-hydrogen) atoms. The largest absolute Gasteiger partial charge is 0.444 e. The normalized spacial score (nSPS) is 30.3. The maximum absolute atomic E-state index is 14.5. The van der Waals surface area contributed by atoms with Gasteiger partial charge in [0.2, 0.25) is 35.5 Å². The zero-order chi connectivity index (χ0) is 52.3. The Kier molecular flexibility index (Phi) is 20.5. The van der Waals surface area contributed by atoms with Crippen LogP contribution in [0.2, 0.25) is 0 Å². The molecule has 0 aromatic heterocycles. The van der Waals surface area contributed by atoms with Crippen molar-refractivity contribution >= 4 is 47.7 Å². The summed E-state index contributed by atoms with van der Waals surface area (Å²) in [5.74, 6) is -3.13. The molecule has 402 valence electrons. The van der Waals surface area contributed by atoms with E-state index in [2.05, 4.69) is 36.9 Å². The van der Waals surface area contributed by atoms with Gasteiger partial charge in [-0.05, 0) is 130 Å². The molecule has 0 unspecified atom stereocenters. The minimum absolute atomic E-state index is 0.0705. The Bertz CT molecular complexity index is 1880. The average molecular weight is 1000 g/mol. The first kappa shape index (κ1) is 57.3. The van der Waals surface area contributed by atoms with E-state index in [1.54, 1.807) is 55.5 Å². The number of amides is 7. The number of carbonyl (C=O) groups is 7. The van der Waals surface area contributed by atoms with Gasteiger partial charge < -0.3 is 56.2 Å². The molecule has 7 atom stereocenters. The third-order valence-corrected chi connectivity index (χ3v) is 14.6. The zero-order valence-corrected chi connectivity index (χ0v) is 44.2. The summed E-state index contributed by atoms with van der Waals surface area (Å²) in [4.78, 5) is 102. The highest BCUT2D eigenvalue weighted by Crippen LogP contribution is 2.60. The van der Waals surface area contributed by atoms with Crippen molar-refractivity contribution < 1.29 is 52.5 Å². The van der Waals surface area contributed by atoms with Crippen molar-refractivity contribution in [2.75, 3.05) is 26.8 Å². The van der Waals surface area contributed by atoms with Gasteiger partial charge in [-0.1, -0.05) is 52.4 Å². The molecule has 4 aliphatic carbocycles. The maximum atomic E-state index is 14.5. The van der Waals surface area contributed by atoms with Crippen LogP contribution in [0.15, 0.2) is 4.99 Å². The first-order chi connectivity index (χ1) is 33.4. The molecular weight excluding hydrogens is 915 g/mol. The molecule has 1 saturated heterocycles. The quantitative estimate of drug-likeness (QED) is 0.0907. The van der Waals surface area contributed by atoms with Gasteiger partial charge in [-0.25, -0.2) is 9.59 Å². The summed E-state index contributed by atoms with van der Waals surface area (Å²) in [5, 5.41) is 17.1. The Labute approximate surface area is 421 Å². The van der Waals surface area contributed by atoms with Gasteiger partial charge in [0.15, 0.2) is 0 Å². The van der Waals surface area contributed by atoms with Crippen molar-refractivity contribution in [3.63, 3.8) is 0 Å². The number of carbonyl (C=O) groups excluding carboxylic acids is 7. The molecule has 4 saturated carbocycles. The number of likely N-dealkylation sites (N-methyl/N-ethyl adjacent to an activating group) is 1. The number of ether oxygens (including phenoxy) is 4. The Balaban J connectivity index is 1.36.